The molecule has 0 saturated carbocycles. The molecule has 7 heteroatoms. The highest BCUT2D eigenvalue weighted by molar-refractivity contribution is 7.80. The quantitative estimate of drug-likeness (QED) is 0.526. The van der Waals surface area contributed by atoms with Crippen LogP contribution in [0.2, 0.25) is 0 Å². The van der Waals surface area contributed by atoms with Crippen molar-refractivity contribution in [3.8, 4) is 5.75 Å². The maximum atomic E-state index is 12.4. The Kier molecular flexibility index (Phi) is 8.80. The summed E-state index contributed by atoms with van der Waals surface area (Å²) in [4.78, 5) is 24.1. The summed E-state index contributed by atoms with van der Waals surface area (Å²) in [7, 11) is 0. The number of amides is 2. The molecule has 0 radical (unpaired) electrons. The second-order valence-corrected chi connectivity index (χ2v) is 8.09. The van der Waals surface area contributed by atoms with Crippen LogP contribution in [0.1, 0.15) is 44.5 Å². The highest BCUT2D eigenvalue weighted by atomic mass is 32.1. The second-order valence-electron chi connectivity index (χ2n) is 7.68. The largest absolute Gasteiger partial charge is 0.494 e. The van der Waals surface area contributed by atoms with Gasteiger partial charge in [0.2, 0.25) is 5.91 Å². The first-order valence-electron chi connectivity index (χ1n) is 10.0. The van der Waals surface area contributed by atoms with Crippen LogP contribution in [0.5, 0.6) is 5.75 Å². The van der Waals surface area contributed by atoms with Gasteiger partial charge in [0, 0.05) is 22.9 Å². The zero-order valence-corrected chi connectivity index (χ0v) is 18.6. The van der Waals surface area contributed by atoms with Crippen LogP contribution in [0.4, 0.5) is 11.4 Å². The predicted molar refractivity (Wildman–Crippen MR) is 125 cm³/mol. The van der Waals surface area contributed by atoms with E-state index in [1.807, 2.05) is 13.8 Å². The van der Waals surface area contributed by atoms with Crippen molar-refractivity contribution < 1.29 is 14.3 Å². The molecule has 2 rings (SSSR count). The third-order valence-corrected chi connectivity index (χ3v) is 4.45. The van der Waals surface area contributed by atoms with Gasteiger partial charge < -0.3 is 15.4 Å². The molecule has 30 heavy (non-hydrogen) atoms. The maximum Gasteiger partial charge on any atom is 0.257 e. The van der Waals surface area contributed by atoms with E-state index in [0.29, 0.717) is 29.5 Å². The fourth-order valence-corrected chi connectivity index (χ4v) is 2.59. The van der Waals surface area contributed by atoms with Crippen molar-refractivity contribution in [3.05, 3.63) is 54.1 Å². The summed E-state index contributed by atoms with van der Waals surface area (Å²) in [6.45, 7) is 8.61. The van der Waals surface area contributed by atoms with E-state index in [9.17, 15) is 9.59 Å². The SMILES string of the molecule is CC(C)CCOc1ccc(C(=O)NC(=S)Nc2ccc(NC(=O)C(C)C)cc2)cc1. The van der Waals surface area contributed by atoms with E-state index in [-0.39, 0.29) is 22.8 Å². The number of carbonyl (C=O) groups is 2. The van der Waals surface area contributed by atoms with Crippen LogP contribution in [0.3, 0.4) is 0 Å². The number of rotatable bonds is 8. The van der Waals surface area contributed by atoms with Gasteiger partial charge in [0.1, 0.15) is 5.75 Å². The lowest BCUT2D eigenvalue weighted by molar-refractivity contribution is -0.118. The average Bonchev–Trinajstić information content (AvgIpc) is 2.69. The van der Waals surface area contributed by atoms with E-state index in [4.69, 9.17) is 17.0 Å². The molecule has 6 nitrogen and oxygen atoms in total. The summed E-state index contributed by atoms with van der Waals surface area (Å²) in [5, 5.41) is 8.62. The third-order valence-electron chi connectivity index (χ3n) is 4.24. The molecule has 2 amide bonds. The zero-order valence-electron chi connectivity index (χ0n) is 17.8. The molecular formula is C23H29N3O3S. The fourth-order valence-electron chi connectivity index (χ4n) is 2.38. The molecule has 3 N–H and O–H groups in total. The van der Waals surface area contributed by atoms with Crippen LogP contribution in [0, 0.1) is 11.8 Å². The number of nitrogens with one attached hydrogen (secondary N) is 3. The minimum Gasteiger partial charge on any atom is -0.494 e. The Bertz CT molecular complexity index is 862. The minimum absolute atomic E-state index is 0.0465. The number of carbonyl (C=O) groups excluding carboxylic acids is 2. The van der Waals surface area contributed by atoms with Crippen molar-refractivity contribution in [1.82, 2.24) is 5.32 Å². The van der Waals surface area contributed by atoms with Crippen LogP contribution in [0.25, 0.3) is 0 Å². The summed E-state index contributed by atoms with van der Waals surface area (Å²) >= 11 is 5.22. The number of hydrogen-bond acceptors (Lipinski definition) is 4. The smallest absolute Gasteiger partial charge is 0.257 e. The molecule has 0 aliphatic rings. The van der Waals surface area contributed by atoms with E-state index in [0.717, 1.165) is 12.2 Å². The van der Waals surface area contributed by atoms with Crippen molar-refractivity contribution in [2.24, 2.45) is 11.8 Å². The molecule has 0 heterocycles. The Morgan fingerprint density at radius 3 is 2.00 bits per heavy atom. The Balaban J connectivity index is 1.84. The minimum atomic E-state index is -0.304. The number of benzene rings is 2. The molecule has 0 fully saturated rings. The summed E-state index contributed by atoms with van der Waals surface area (Å²) in [6, 6.07) is 14.0. The van der Waals surface area contributed by atoms with E-state index in [2.05, 4.69) is 29.8 Å². The Labute approximate surface area is 183 Å². The van der Waals surface area contributed by atoms with E-state index >= 15 is 0 Å². The molecular weight excluding hydrogens is 398 g/mol. The maximum absolute atomic E-state index is 12.4. The molecule has 160 valence electrons. The van der Waals surface area contributed by atoms with Gasteiger partial charge in [0.25, 0.3) is 5.91 Å². The number of thiocarbonyl (C=S) groups is 1. The van der Waals surface area contributed by atoms with Crippen molar-refractivity contribution in [3.63, 3.8) is 0 Å². The van der Waals surface area contributed by atoms with Crippen molar-refractivity contribution in [2.75, 3.05) is 17.2 Å². The van der Waals surface area contributed by atoms with Gasteiger partial charge in [-0.25, -0.2) is 0 Å². The average molecular weight is 428 g/mol. The normalized spacial score (nSPS) is 10.6. The van der Waals surface area contributed by atoms with Crippen LogP contribution in [-0.2, 0) is 4.79 Å². The Morgan fingerprint density at radius 1 is 0.900 bits per heavy atom. The van der Waals surface area contributed by atoms with E-state index in [1.165, 1.54) is 0 Å². The summed E-state index contributed by atoms with van der Waals surface area (Å²) in [6.07, 6.45) is 0.979. The number of anilines is 2. The lowest BCUT2D eigenvalue weighted by Gasteiger charge is -2.12. The molecule has 2 aromatic carbocycles. The first kappa shape index (κ1) is 23.3. The van der Waals surface area contributed by atoms with Gasteiger partial charge in [-0.15, -0.1) is 0 Å². The summed E-state index contributed by atoms with van der Waals surface area (Å²) in [5.41, 5.74) is 1.89. The van der Waals surface area contributed by atoms with Crippen LogP contribution >= 0.6 is 12.2 Å². The van der Waals surface area contributed by atoms with Gasteiger partial charge >= 0.3 is 0 Å². The molecule has 0 atom stereocenters. The lowest BCUT2D eigenvalue weighted by atomic mass is 10.1. The fraction of sp³-hybridized carbons (Fsp3) is 0.348. The second kappa shape index (κ2) is 11.3. The molecule has 0 saturated heterocycles. The molecule has 0 bridgehead atoms. The molecule has 0 aliphatic heterocycles. The van der Waals surface area contributed by atoms with Gasteiger partial charge in [-0.1, -0.05) is 27.7 Å². The predicted octanol–water partition coefficient (Wildman–Crippen LogP) is 4.83. The van der Waals surface area contributed by atoms with E-state index in [1.54, 1.807) is 48.5 Å². The van der Waals surface area contributed by atoms with Crippen molar-refractivity contribution in [1.29, 1.82) is 0 Å². The first-order chi connectivity index (χ1) is 14.2. The zero-order chi connectivity index (χ0) is 22.1. The van der Waals surface area contributed by atoms with Crippen molar-refractivity contribution in [2.45, 2.75) is 34.1 Å². The number of ether oxygens (including phenoxy) is 1. The van der Waals surface area contributed by atoms with Gasteiger partial charge in [-0.05, 0) is 73.1 Å². The van der Waals surface area contributed by atoms with Crippen LogP contribution in [0.15, 0.2) is 48.5 Å². The van der Waals surface area contributed by atoms with Gasteiger partial charge in [-0.3, -0.25) is 14.9 Å². The van der Waals surface area contributed by atoms with Gasteiger partial charge in [-0.2, -0.15) is 0 Å². The Hall–Kier alpha value is -2.93. The monoisotopic (exact) mass is 427 g/mol. The molecule has 0 spiro atoms. The summed E-state index contributed by atoms with van der Waals surface area (Å²) < 4.78 is 5.66. The molecule has 0 unspecified atom stereocenters. The highest BCUT2D eigenvalue weighted by Gasteiger charge is 2.10. The molecule has 2 aromatic rings. The Morgan fingerprint density at radius 2 is 1.47 bits per heavy atom. The summed E-state index contributed by atoms with van der Waals surface area (Å²) in [5.74, 6) is 0.874. The molecule has 0 aliphatic carbocycles. The molecule has 0 aromatic heterocycles. The highest BCUT2D eigenvalue weighted by Crippen LogP contribution is 2.15. The topological polar surface area (TPSA) is 79.5 Å². The van der Waals surface area contributed by atoms with E-state index < -0.39 is 0 Å². The van der Waals surface area contributed by atoms with Crippen molar-refractivity contribution >= 4 is 40.5 Å². The van der Waals surface area contributed by atoms with Gasteiger partial charge in [0.15, 0.2) is 5.11 Å². The van der Waals surface area contributed by atoms with Crippen LogP contribution in [-0.4, -0.2) is 23.5 Å². The lowest BCUT2D eigenvalue weighted by Crippen LogP contribution is -2.34. The van der Waals surface area contributed by atoms with Crippen LogP contribution < -0.4 is 20.7 Å². The van der Waals surface area contributed by atoms with Gasteiger partial charge in [0.05, 0.1) is 6.61 Å². The third kappa shape index (κ3) is 7.83. The standard InChI is InChI=1S/C23H29N3O3S/c1-15(2)13-14-29-20-11-5-17(6-12-20)22(28)26-23(30)25-19-9-7-18(8-10-19)24-21(27)16(3)4/h5-12,15-16H,13-14H2,1-4H3,(H,24,27)(H2,25,26,28,30). The number of hydrogen-bond donors (Lipinski definition) is 3. The first-order valence-corrected chi connectivity index (χ1v) is 10.4.